The molecule has 2 aliphatic heterocycles. The maximum Gasteiger partial charge on any atom is 0.416 e. The van der Waals surface area contributed by atoms with Crippen molar-refractivity contribution in [3.8, 4) is 5.75 Å². The van der Waals surface area contributed by atoms with E-state index in [1.807, 2.05) is 12.1 Å². The predicted molar refractivity (Wildman–Crippen MR) is 108 cm³/mol. The third-order valence-electron chi connectivity index (χ3n) is 5.65. The summed E-state index contributed by atoms with van der Waals surface area (Å²) < 4.78 is 44.1. The molecule has 0 aliphatic carbocycles. The lowest BCUT2D eigenvalue weighted by Crippen LogP contribution is -2.46. The standard InChI is InChI=1S/C22H24F3N3O2/c1-27-9-11-28(12-10-27)19-3-2-4-20-18(19)13-17(14-30-20)26-21(29)15-5-7-16(8-6-15)22(23,24)25/h2-8,17H,9-14H2,1H3,(H,26,29)/t17-/m1/s1. The van der Waals surface area contributed by atoms with Crippen LogP contribution in [0.25, 0.3) is 0 Å². The lowest BCUT2D eigenvalue weighted by Gasteiger charge is -2.37. The minimum absolute atomic E-state index is 0.196. The van der Waals surface area contributed by atoms with Crippen molar-refractivity contribution in [3.05, 3.63) is 59.2 Å². The number of ether oxygens (including phenoxy) is 1. The topological polar surface area (TPSA) is 44.8 Å². The van der Waals surface area contributed by atoms with Crippen LogP contribution in [0.3, 0.4) is 0 Å². The lowest BCUT2D eigenvalue weighted by molar-refractivity contribution is -0.137. The zero-order valence-electron chi connectivity index (χ0n) is 16.7. The smallest absolute Gasteiger partial charge is 0.416 e. The van der Waals surface area contributed by atoms with E-state index in [4.69, 9.17) is 4.74 Å². The van der Waals surface area contributed by atoms with Crippen LogP contribution in [-0.2, 0) is 12.6 Å². The number of hydrogen-bond acceptors (Lipinski definition) is 4. The van der Waals surface area contributed by atoms with Gasteiger partial charge in [-0.15, -0.1) is 0 Å². The molecule has 2 aromatic rings. The van der Waals surface area contributed by atoms with Crippen LogP contribution in [0, 0.1) is 0 Å². The van der Waals surface area contributed by atoms with Gasteiger partial charge in [-0.3, -0.25) is 4.79 Å². The number of carbonyl (C=O) groups is 1. The summed E-state index contributed by atoms with van der Waals surface area (Å²) in [5, 5.41) is 2.90. The number of carbonyl (C=O) groups excluding carboxylic acids is 1. The Kier molecular flexibility index (Phi) is 5.60. The molecule has 8 heteroatoms. The zero-order valence-corrected chi connectivity index (χ0v) is 16.7. The summed E-state index contributed by atoms with van der Waals surface area (Å²) in [6.45, 7) is 4.15. The van der Waals surface area contributed by atoms with Crippen LogP contribution in [-0.4, -0.2) is 56.7 Å². The molecule has 0 aromatic heterocycles. The molecule has 0 bridgehead atoms. The van der Waals surface area contributed by atoms with Crippen molar-refractivity contribution in [2.45, 2.75) is 18.6 Å². The Morgan fingerprint density at radius 3 is 2.43 bits per heavy atom. The molecule has 2 aliphatic rings. The fraction of sp³-hybridized carbons (Fsp3) is 0.409. The largest absolute Gasteiger partial charge is 0.491 e. The second-order valence-electron chi connectivity index (χ2n) is 7.80. The summed E-state index contributed by atoms with van der Waals surface area (Å²) in [6, 6.07) is 9.99. The monoisotopic (exact) mass is 419 g/mol. The normalized spacial score (nSPS) is 19.7. The zero-order chi connectivity index (χ0) is 21.3. The van der Waals surface area contributed by atoms with E-state index in [1.54, 1.807) is 0 Å². The van der Waals surface area contributed by atoms with Crippen LogP contribution >= 0.6 is 0 Å². The summed E-state index contributed by atoms with van der Waals surface area (Å²) in [6.07, 6.45) is -3.81. The number of fused-ring (bicyclic) bond motifs is 1. The fourth-order valence-corrected chi connectivity index (χ4v) is 3.91. The van der Waals surface area contributed by atoms with Gasteiger partial charge in [-0.25, -0.2) is 0 Å². The molecule has 30 heavy (non-hydrogen) atoms. The van der Waals surface area contributed by atoms with Crippen LogP contribution in [0.4, 0.5) is 18.9 Å². The highest BCUT2D eigenvalue weighted by atomic mass is 19.4. The van der Waals surface area contributed by atoms with Gasteiger partial charge in [0.1, 0.15) is 12.4 Å². The van der Waals surface area contributed by atoms with Crippen molar-refractivity contribution in [1.29, 1.82) is 0 Å². The summed E-state index contributed by atoms with van der Waals surface area (Å²) >= 11 is 0. The number of nitrogens with zero attached hydrogens (tertiary/aromatic N) is 2. The number of rotatable bonds is 3. The maximum absolute atomic E-state index is 12.7. The maximum atomic E-state index is 12.7. The third-order valence-corrected chi connectivity index (χ3v) is 5.65. The molecular formula is C22H24F3N3O2. The van der Waals surface area contributed by atoms with E-state index in [9.17, 15) is 18.0 Å². The SMILES string of the molecule is CN1CCN(c2cccc3c2C[C@@H](NC(=O)c2ccc(C(F)(F)F)cc2)CO3)CC1. The van der Waals surface area contributed by atoms with Crippen molar-refractivity contribution < 1.29 is 22.7 Å². The average molecular weight is 419 g/mol. The van der Waals surface area contributed by atoms with Crippen LogP contribution in [0.15, 0.2) is 42.5 Å². The number of benzene rings is 2. The molecule has 0 saturated carbocycles. The second kappa shape index (κ2) is 8.18. The lowest BCUT2D eigenvalue weighted by atomic mass is 9.99. The van der Waals surface area contributed by atoms with Crippen LogP contribution in [0.5, 0.6) is 5.75 Å². The first-order valence-corrected chi connectivity index (χ1v) is 9.97. The molecule has 4 rings (SSSR count). The van der Waals surface area contributed by atoms with Crippen LogP contribution < -0.4 is 15.0 Å². The van der Waals surface area contributed by atoms with Gasteiger partial charge in [-0.2, -0.15) is 13.2 Å². The Labute approximate surface area is 173 Å². The molecule has 2 heterocycles. The predicted octanol–water partition coefficient (Wildman–Crippen LogP) is 3.19. The Bertz CT molecular complexity index is 907. The van der Waals surface area contributed by atoms with Gasteiger partial charge in [0.25, 0.3) is 5.91 Å². The molecule has 0 radical (unpaired) electrons. The first-order chi connectivity index (χ1) is 14.3. The van der Waals surface area contributed by atoms with E-state index < -0.39 is 17.6 Å². The van der Waals surface area contributed by atoms with E-state index in [-0.39, 0.29) is 11.6 Å². The molecule has 2 aromatic carbocycles. The summed E-state index contributed by atoms with van der Waals surface area (Å²) in [7, 11) is 2.10. The van der Waals surface area contributed by atoms with Crippen molar-refractivity contribution in [3.63, 3.8) is 0 Å². The van der Waals surface area contributed by atoms with Gasteiger partial charge in [0.2, 0.25) is 0 Å². The molecule has 1 atom stereocenters. The Morgan fingerprint density at radius 2 is 1.77 bits per heavy atom. The number of likely N-dealkylation sites (N-methyl/N-ethyl adjacent to an activating group) is 1. The molecule has 1 fully saturated rings. The van der Waals surface area contributed by atoms with Gasteiger partial charge < -0.3 is 19.9 Å². The Balaban J connectivity index is 1.46. The molecule has 5 nitrogen and oxygen atoms in total. The van der Waals surface area contributed by atoms with Gasteiger partial charge >= 0.3 is 6.18 Å². The molecule has 1 amide bonds. The minimum atomic E-state index is -4.42. The van der Waals surface area contributed by atoms with E-state index in [2.05, 4.69) is 28.2 Å². The molecule has 1 saturated heterocycles. The van der Waals surface area contributed by atoms with Crippen molar-refractivity contribution in [2.75, 3.05) is 44.7 Å². The number of halogens is 3. The second-order valence-corrected chi connectivity index (χ2v) is 7.80. The summed E-state index contributed by atoms with van der Waals surface area (Å²) in [5.74, 6) is 0.421. The van der Waals surface area contributed by atoms with Gasteiger partial charge in [-0.1, -0.05) is 6.07 Å². The van der Waals surface area contributed by atoms with Crippen molar-refractivity contribution >= 4 is 11.6 Å². The van der Waals surface area contributed by atoms with E-state index in [0.29, 0.717) is 13.0 Å². The first kappa shape index (κ1) is 20.5. The molecule has 0 spiro atoms. The minimum Gasteiger partial charge on any atom is -0.491 e. The Hall–Kier alpha value is -2.74. The van der Waals surface area contributed by atoms with Crippen molar-refractivity contribution in [2.24, 2.45) is 0 Å². The van der Waals surface area contributed by atoms with E-state index in [0.717, 1.165) is 55.3 Å². The van der Waals surface area contributed by atoms with Crippen LogP contribution in [0.1, 0.15) is 21.5 Å². The first-order valence-electron chi connectivity index (χ1n) is 9.97. The molecule has 1 N–H and O–H groups in total. The van der Waals surface area contributed by atoms with Crippen LogP contribution in [0.2, 0.25) is 0 Å². The molecule has 160 valence electrons. The van der Waals surface area contributed by atoms with Gasteiger partial charge in [0.15, 0.2) is 0 Å². The Morgan fingerprint density at radius 1 is 1.07 bits per heavy atom. The number of amides is 1. The van der Waals surface area contributed by atoms with E-state index in [1.165, 1.54) is 12.1 Å². The number of alkyl halides is 3. The van der Waals surface area contributed by atoms with Gasteiger partial charge in [-0.05, 0) is 43.4 Å². The highest BCUT2D eigenvalue weighted by Crippen LogP contribution is 2.34. The fourth-order valence-electron chi connectivity index (χ4n) is 3.91. The molecular weight excluding hydrogens is 395 g/mol. The summed E-state index contributed by atoms with van der Waals surface area (Å²) in [5.41, 5.74) is 1.60. The van der Waals surface area contributed by atoms with E-state index >= 15 is 0 Å². The molecule has 0 unspecified atom stereocenters. The van der Waals surface area contributed by atoms with Crippen molar-refractivity contribution in [1.82, 2.24) is 10.2 Å². The quantitative estimate of drug-likeness (QED) is 0.830. The number of nitrogens with one attached hydrogen (secondary N) is 1. The highest BCUT2D eigenvalue weighted by molar-refractivity contribution is 5.94. The third kappa shape index (κ3) is 4.38. The number of piperazine rings is 1. The van der Waals surface area contributed by atoms with Gasteiger partial charge in [0.05, 0.1) is 11.6 Å². The van der Waals surface area contributed by atoms with Gasteiger partial charge in [0, 0.05) is 49.4 Å². The summed E-state index contributed by atoms with van der Waals surface area (Å²) in [4.78, 5) is 17.2. The number of anilines is 1. The average Bonchev–Trinajstić information content (AvgIpc) is 2.73. The highest BCUT2D eigenvalue weighted by Gasteiger charge is 2.31. The number of hydrogen-bond donors (Lipinski definition) is 1.